The molecule has 2 rings (SSSR count). The molecule has 8 nitrogen and oxygen atoms in total. The van der Waals surface area contributed by atoms with Crippen molar-refractivity contribution in [1.29, 1.82) is 0 Å². The van der Waals surface area contributed by atoms with E-state index in [0.717, 1.165) is 10.5 Å². The first-order valence-corrected chi connectivity index (χ1v) is 8.96. The van der Waals surface area contributed by atoms with Gasteiger partial charge in [-0.15, -0.1) is 5.10 Å². The van der Waals surface area contributed by atoms with Crippen LogP contribution >= 0.6 is 12.2 Å². The van der Waals surface area contributed by atoms with Crippen LogP contribution < -0.4 is 19.7 Å². The lowest BCUT2D eigenvalue weighted by Gasteiger charge is -2.21. The Labute approximate surface area is 164 Å². The highest BCUT2D eigenvalue weighted by Crippen LogP contribution is 2.31. The highest BCUT2D eigenvalue weighted by molar-refractivity contribution is 7.71. The van der Waals surface area contributed by atoms with E-state index in [2.05, 4.69) is 10.4 Å². The van der Waals surface area contributed by atoms with Crippen LogP contribution in [0, 0.1) is 4.84 Å². The van der Waals surface area contributed by atoms with Gasteiger partial charge in [-0.2, -0.15) is 4.68 Å². The van der Waals surface area contributed by atoms with Gasteiger partial charge in [-0.1, -0.05) is 0 Å². The second-order valence-corrected chi connectivity index (χ2v) is 7.68. The Hall–Kier alpha value is -2.39. The second-order valence-electron chi connectivity index (χ2n) is 7.33. The summed E-state index contributed by atoms with van der Waals surface area (Å²) in [4.78, 5) is 13.2. The lowest BCUT2D eigenvalue weighted by Crippen LogP contribution is -3.09. The maximum Gasteiger partial charge on any atom is 0.292 e. The van der Waals surface area contributed by atoms with E-state index in [1.165, 1.54) is 0 Å². The zero-order valence-corrected chi connectivity index (χ0v) is 17.4. The van der Waals surface area contributed by atoms with E-state index in [1.807, 2.05) is 33.9 Å². The summed E-state index contributed by atoms with van der Waals surface area (Å²) >= 11 is 5.27. The van der Waals surface area contributed by atoms with E-state index < -0.39 is 0 Å². The molecule has 9 heteroatoms. The third kappa shape index (κ3) is 5.80. The molecule has 0 aliphatic rings. The number of nitrogens with zero attached hydrogens (tertiary/aromatic N) is 2. The van der Waals surface area contributed by atoms with E-state index in [0.29, 0.717) is 30.6 Å². The van der Waals surface area contributed by atoms with Crippen molar-refractivity contribution in [2.45, 2.75) is 33.0 Å². The Morgan fingerprint density at radius 3 is 2.56 bits per heavy atom. The van der Waals surface area contributed by atoms with Crippen LogP contribution in [0.5, 0.6) is 11.5 Å². The largest absolute Gasteiger partial charge is 0.493 e. The third-order valence-corrected chi connectivity index (χ3v) is 3.93. The lowest BCUT2D eigenvalue weighted by atomic mass is 10.1. The zero-order chi connectivity index (χ0) is 20.2. The number of benzene rings is 1. The molecule has 2 N–H and O–H groups in total. The maximum atomic E-state index is 12.1. The number of hydrogen-bond acceptors (Lipinski definition) is 6. The van der Waals surface area contributed by atoms with Gasteiger partial charge in [-0.3, -0.25) is 4.79 Å². The van der Waals surface area contributed by atoms with Gasteiger partial charge < -0.3 is 24.1 Å². The molecule has 0 fully saturated rings. The number of amides is 1. The molecule has 1 heterocycles. The minimum absolute atomic E-state index is 0.0323. The molecular weight excluding hydrogens is 368 g/mol. The Balaban J connectivity index is 2.12. The molecule has 1 amide bonds. The fourth-order valence-corrected chi connectivity index (χ4v) is 2.72. The van der Waals surface area contributed by atoms with Crippen LogP contribution in [0.3, 0.4) is 0 Å². The van der Waals surface area contributed by atoms with E-state index >= 15 is 0 Å². The number of likely N-dealkylation sites (N-methyl/N-ethyl adjacent to an activating group) is 1. The van der Waals surface area contributed by atoms with Crippen LogP contribution in [0.15, 0.2) is 22.6 Å². The van der Waals surface area contributed by atoms with Crippen molar-refractivity contribution in [2.75, 3.05) is 27.8 Å². The molecule has 0 aliphatic carbocycles. The predicted octanol–water partition coefficient (Wildman–Crippen LogP) is 1.28. The van der Waals surface area contributed by atoms with Crippen molar-refractivity contribution in [3.63, 3.8) is 0 Å². The molecule has 148 valence electrons. The average molecular weight is 396 g/mol. The first-order valence-electron chi connectivity index (χ1n) is 8.55. The molecule has 27 heavy (non-hydrogen) atoms. The van der Waals surface area contributed by atoms with Gasteiger partial charge in [0.2, 0.25) is 5.89 Å². The number of methoxy groups -OCH3 is 2. The fraction of sp³-hybridized carbons (Fsp3) is 0.500. The van der Waals surface area contributed by atoms with Crippen LogP contribution in [0.1, 0.15) is 20.8 Å². The first-order chi connectivity index (χ1) is 12.6. The molecule has 1 atom stereocenters. The van der Waals surface area contributed by atoms with E-state index in [9.17, 15) is 4.79 Å². The molecule has 0 spiro atoms. The van der Waals surface area contributed by atoms with Gasteiger partial charge in [-0.05, 0) is 51.2 Å². The van der Waals surface area contributed by atoms with E-state index in [4.69, 9.17) is 26.1 Å². The number of hydrogen-bond donors (Lipinski definition) is 2. The number of rotatable bonds is 7. The van der Waals surface area contributed by atoms with Gasteiger partial charge in [0.05, 0.1) is 21.3 Å². The minimum atomic E-state index is -0.262. The molecule has 1 unspecified atom stereocenters. The molecule has 0 bridgehead atoms. The molecule has 0 aliphatic heterocycles. The van der Waals surface area contributed by atoms with E-state index in [1.54, 1.807) is 31.0 Å². The molecule has 0 saturated heterocycles. The van der Waals surface area contributed by atoms with Crippen molar-refractivity contribution in [1.82, 2.24) is 15.1 Å². The highest BCUT2D eigenvalue weighted by Gasteiger charge is 2.19. The quantitative estimate of drug-likeness (QED) is 0.687. The smallest absolute Gasteiger partial charge is 0.292 e. The summed E-state index contributed by atoms with van der Waals surface area (Å²) in [6.45, 7) is 6.56. The molecule has 0 radical (unpaired) electrons. The van der Waals surface area contributed by atoms with Gasteiger partial charge in [0.1, 0.15) is 0 Å². The Kier molecular flexibility index (Phi) is 6.61. The van der Waals surface area contributed by atoms with E-state index in [-0.39, 0.29) is 16.3 Å². The summed E-state index contributed by atoms with van der Waals surface area (Å²) in [6, 6.07) is 5.37. The predicted molar refractivity (Wildman–Crippen MR) is 104 cm³/mol. The molecule has 2 aromatic rings. The SMILES string of the molecule is COc1ccc(-c2nn(C[NH+](C)CC(=O)NC(C)(C)C)c(=S)o2)cc1OC. The van der Waals surface area contributed by atoms with Gasteiger partial charge in [-0.25, -0.2) is 0 Å². The van der Waals surface area contributed by atoms with Crippen molar-refractivity contribution in [3.05, 3.63) is 23.0 Å². The number of ether oxygens (including phenoxy) is 2. The van der Waals surface area contributed by atoms with Crippen LogP contribution in [0.2, 0.25) is 0 Å². The minimum Gasteiger partial charge on any atom is -0.493 e. The standard InChI is InChI=1S/C18H26N4O4S/c1-18(2,3)19-15(23)10-21(4)11-22-17(27)26-16(20-22)12-7-8-13(24-5)14(9-12)25-6/h7-9H,10-11H2,1-6H3,(H,19,23)/p+1. The first kappa shape index (κ1) is 20.9. The normalized spacial score (nSPS) is 12.5. The summed E-state index contributed by atoms with van der Waals surface area (Å²) in [6.07, 6.45) is 0. The summed E-state index contributed by atoms with van der Waals surface area (Å²) in [5.74, 6) is 1.55. The Morgan fingerprint density at radius 1 is 1.30 bits per heavy atom. The zero-order valence-electron chi connectivity index (χ0n) is 16.6. The fourth-order valence-electron chi connectivity index (χ4n) is 2.54. The van der Waals surface area contributed by atoms with Gasteiger partial charge in [0, 0.05) is 11.1 Å². The molecular formula is C18H27N4O4S+. The average Bonchev–Trinajstić information content (AvgIpc) is 2.92. The van der Waals surface area contributed by atoms with Crippen LogP contribution in [-0.4, -0.2) is 49.0 Å². The summed E-state index contributed by atoms with van der Waals surface area (Å²) in [5.41, 5.74) is 0.461. The van der Waals surface area contributed by atoms with Crippen LogP contribution in [0.25, 0.3) is 11.5 Å². The van der Waals surface area contributed by atoms with Crippen LogP contribution in [-0.2, 0) is 11.5 Å². The lowest BCUT2D eigenvalue weighted by molar-refractivity contribution is -0.895. The number of quaternary nitrogens is 1. The monoisotopic (exact) mass is 395 g/mol. The van der Waals surface area contributed by atoms with Crippen molar-refractivity contribution in [2.24, 2.45) is 0 Å². The highest BCUT2D eigenvalue weighted by atomic mass is 32.1. The van der Waals surface area contributed by atoms with Gasteiger partial charge >= 0.3 is 0 Å². The molecule has 0 saturated carbocycles. The van der Waals surface area contributed by atoms with Gasteiger partial charge in [0.15, 0.2) is 24.7 Å². The topological polar surface area (TPSA) is 83.0 Å². The molecule has 1 aromatic carbocycles. The number of aromatic nitrogens is 2. The second kappa shape index (κ2) is 8.53. The van der Waals surface area contributed by atoms with Crippen LogP contribution in [0.4, 0.5) is 0 Å². The Bertz CT molecular complexity index is 854. The maximum absolute atomic E-state index is 12.1. The number of nitrogens with one attached hydrogen (secondary N) is 2. The number of carbonyl (C=O) groups is 1. The summed E-state index contributed by atoms with van der Waals surface area (Å²) in [7, 11) is 5.04. The van der Waals surface area contributed by atoms with Crippen molar-refractivity contribution < 1.29 is 23.6 Å². The van der Waals surface area contributed by atoms with Crippen molar-refractivity contribution >= 4 is 18.1 Å². The van der Waals surface area contributed by atoms with Gasteiger partial charge in [0.25, 0.3) is 10.7 Å². The Morgan fingerprint density at radius 2 is 1.96 bits per heavy atom. The van der Waals surface area contributed by atoms with Crippen molar-refractivity contribution in [3.8, 4) is 23.0 Å². The third-order valence-electron chi connectivity index (χ3n) is 3.63. The number of carbonyl (C=O) groups excluding carboxylic acids is 1. The summed E-state index contributed by atoms with van der Waals surface area (Å²) in [5, 5.41) is 7.37. The molecule has 1 aromatic heterocycles. The summed E-state index contributed by atoms with van der Waals surface area (Å²) < 4.78 is 17.7.